The third-order valence-corrected chi connectivity index (χ3v) is 3.27. The molecule has 17 heavy (non-hydrogen) atoms. The van der Waals surface area contributed by atoms with Crippen LogP contribution in [-0.4, -0.2) is 34.8 Å². The SMILES string of the molecule is CNc1nccc(NCC2CCC(O)CC2)n1. The molecule has 0 saturated heterocycles. The molecule has 1 heterocycles. The van der Waals surface area contributed by atoms with E-state index < -0.39 is 0 Å². The molecule has 0 radical (unpaired) electrons. The van der Waals surface area contributed by atoms with Crippen molar-refractivity contribution in [3.05, 3.63) is 12.3 Å². The van der Waals surface area contributed by atoms with E-state index in [-0.39, 0.29) is 6.10 Å². The van der Waals surface area contributed by atoms with Crippen molar-refractivity contribution in [1.82, 2.24) is 9.97 Å². The van der Waals surface area contributed by atoms with Gasteiger partial charge in [0.25, 0.3) is 0 Å². The van der Waals surface area contributed by atoms with Crippen molar-refractivity contribution in [3.8, 4) is 0 Å². The largest absolute Gasteiger partial charge is 0.393 e. The highest BCUT2D eigenvalue weighted by Gasteiger charge is 2.18. The maximum atomic E-state index is 9.43. The average Bonchev–Trinajstić information content (AvgIpc) is 2.38. The predicted octanol–water partition coefficient (Wildman–Crippen LogP) is 1.48. The molecule has 2 rings (SSSR count). The van der Waals surface area contributed by atoms with Gasteiger partial charge in [-0.3, -0.25) is 0 Å². The van der Waals surface area contributed by atoms with E-state index in [0.29, 0.717) is 11.9 Å². The van der Waals surface area contributed by atoms with Crippen molar-refractivity contribution in [2.45, 2.75) is 31.8 Å². The summed E-state index contributed by atoms with van der Waals surface area (Å²) < 4.78 is 0. The number of anilines is 2. The molecule has 94 valence electrons. The van der Waals surface area contributed by atoms with Crippen LogP contribution in [0.3, 0.4) is 0 Å². The van der Waals surface area contributed by atoms with Crippen LogP contribution in [0, 0.1) is 5.92 Å². The third kappa shape index (κ3) is 3.56. The minimum atomic E-state index is -0.0822. The van der Waals surface area contributed by atoms with Gasteiger partial charge in [0, 0.05) is 19.8 Å². The van der Waals surface area contributed by atoms with Gasteiger partial charge in [-0.05, 0) is 37.7 Å². The lowest BCUT2D eigenvalue weighted by Gasteiger charge is -2.25. The summed E-state index contributed by atoms with van der Waals surface area (Å²) in [6, 6.07) is 1.87. The Morgan fingerprint density at radius 2 is 2.12 bits per heavy atom. The van der Waals surface area contributed by atoms with Crippen molar-refractivity contribution < 1.29 is 5.11 Å². The van der Waals surface area contributed by atoms with E-state index >= 15 is 0 Å². The van der Waals surface area contributed by atoms with Crippen LogP contribution in [0.15, 0.2) is 12.3 Å². The first-order valence-electron chi connectivity index (χ1n) is 6.20. The molecule has 1 aromatic heterocycles. The van der Waals surface area contributed by atoms with Crippen LogP contribution < -0.4 is 10.6 Å². The van der Waals surface area contributed by atoms with E-state index in [9.17, 15) is 5.11 Å². The number of hydrogen-bond acceptors (Lipinski definition) is 5. The van der Waals surface area contributed by atoms with Crippen molar-refractivity contribution in [2.24, 2.45) is 5.92 Å². The molecule has 5 heteroatoms. The highest BCUT2D eigenvalue weighted by atomic mass is 16.3. The van der Waals surface area contributed by atoms with E-state index in [1.54, 1.807) is 6.20 Å². The summed E-state index contributed by atoms with van der Waals surface area (Å²) in [6.07, 6.45) is 5.71. The van der Waals surface area contributed by atoms with Gasteiger partial charge in [-0.1, -0.05) is 0 Å². The minimum Gasteiger partial charge on any atom is -0.393 e. The predicted molar refractivity (Wildman–Crippen MR) is 68.0 cm³/mol. The summed E-state index contributed by atoms with van der Waals surface area (Å²) in [4.78, 5) is 8.38. The van der Waals surface area contributed by atoms with Gasteiger partial charge >= 0.3 is 0 Å². The summed E-state index contributed by atoms with van der Waals surface area (Å²) in [5.41, 5.74) is 0. The lowest BCUT2D eigenvalue weighted by molar-refractivity contribution is 0.111. The summed E-state index contributed by atoms with van der Waals surface area (Å²) in [6.45, 7) is 0.923. The van der Waals surface area contributed by atoms with Crippen molar-refractivity contribution >= 4 is 11.8 Å². The normalized spacial score (nSPS) is 24.4. The average molecular weight is 236 g/mol. The zero-order valence-corrected chi connectivity index (χ0v) is 10.2. The van der Waals surface area contributed by atoms with Gasteiger partial charge in [-0.15, -0.1) is 0 Å². The first-order chi connectivity index (χ1) is 8.28. The maximum Gasteiger partial charge on any atom is 0.224 e. The second-order valence-electron chi connectivity index (χ2n) is 4.57. The van der Waals surface area contributed by atoms with Crippen LogP contribution in [0.1, 0.15) is 25.7 Å². The summed E-state index contributed by atoms with van der Waals surface area (Å²) in [7, 11) is 1.81. The van der Waals surface area contributed by atoms with Gasteiger partial charge in [0.1, 0.15) is 5.82 Å². The Morgan fingerprint density at radius 1 is 1.35 bits per heavy atom. The molecule has 5 nitrogen and oxygen atoms in total. The van der Waals surface area contributed by atoms with Crippen LogP contribution in [0.2, 0.25) is 0 Å². The lowest BCUT2D eigenvalue weighted by Crippen LogP contribution is -2.23. The summed E-state index contributed by atoms with van der Waals surface area (Å²) in [5.74, 6) is 2.14. The molecule has 0 aromatic carbocycles. The van der Waals surface area contributed by atoms with Crippen LogP contribution in [-0.2, 0) is 0 Å². The Labute approximate surface area is 102 Å². The molecule has 0 spiro atoms. The Balaban J connectivity index is 1.81. The molecule has 0 amide bonds. The second kappa shape index (κ2) is 5.82. The van der Waals surface area contributed by atoms with Gasteiger partial charge < -0.3 is 15.7 Å². The Morgan fingerprint density at radius 3 is 2.82 bits per heavy atom. The molecule has 0 atom stereocenters. The molecular weight excluding hydrogens is 216 g/mol. The quantitative estimate of drug-likeness (QED) is 0.738. The van der Waals surface area contributed by atoms with Crippen LogP contribution in [0.4, 0.5) is 11.8 Å². The molecule has 1 aliphatic rings. The third-order valence-electron chi connectivity index (χ3n) is 3.27. The first kappa shape index (κ1) is 12.1. The molecule has 1 fully saturated rings. The fraction of sp³-hybridized carbons (Fsp3) is 0.667. The zero-order valence-electron chi connectivity index (χ0n) is 10.2. The molecule has 1 aliphatic carbocycles. The lowest BCUT2D eigenvalue weighted by atomic mass is 9.87. The molecule has 1 aromatic rings. The smallest absolute Gasteiger partial charge is 0.224 e. The molecule has 0 aliphatic heterocycles. The number of aliphatic hydroxyl groups excluding tert-OH is 1. The van der Waals surface area contributed by atoms with E-state index in [1.165, 1.54) is 0 Å². The number of rotatable bonds is 4. The van der Waals surface area contributed by atoms with Gasteiger partial charge in [0.2, 0.25) is 5.95 Å². The maximum absolute atomic E-state index is 9.43. The fourth-order valence-corrected chi connectivity index (χ4v) is 2.18. The van der Waals surface area contributed by atoms with Crippen molar-refractivity contribution in [1.29, 1.82) is 0 Å². The van der Waals surface area contributed by atoms with Crippen molar-refractivity contribution in [2.75, 3.05) is 24.2 Å². The number of hydrogen-bond donors (Lipinski definition) is 3. The van der Waals surface area contributed by atoms with Crippen LogP contribution in [0.25, 0.3) is 0 Å². The number of nitrogens with one attached hydrogen (secondary N) is 2. The van der Waals surface area contributed by atoms with Crippen LogP contribution >= 0.6 is 0 Å². The van der Waals surface area contributed by atoms with E-state index in [0.717, 1.165) is 38.0 Å². The topological polar surface area (TPSA) is 70.1 Å². The van der Waals surface area contributed by atoms with E-state index in [4.69, 9.17) is 0 Å². The molecule has 0 bridgehead atoms. The first-order valence-corrected chi connectivity index (χ1v) is 6.20. The van der Waals surface area contributed by atoms with Gasteiger partial charge in [0.15, 0.2) is 0 Å². The molecular formula is C12H20N4O. The van der Waals surface area contributed by atoms with Gasteiger partial charge in [0.05, 0.1) is 6.10 Å². The monoisotopic (exact) mass is 236 g/mol. The second-order valence-corrected chi connectivity index (χ2v) is 4.57. The van der Waals surface area contributed by atoms with E-state index in [1.807, 2.05) is 13.1 Å². The highest BCUT2D eigenvalue weighted by molar-refractivity contribution is 5.39. The molecule has 1 saturated carbocycles. The fourth-order valence-electron chi connectivity index (χ4n) is 2.18. The molecule has 0 unspecified atom stereocenters. The standard InChI is InChI=1S/C12H20N4O/c1-13-12-14-7-6-11(16-12)15-8-9-2-4-10(17)5-3-9/h6-7,9-10,17H,2-5,8H2,1H3,(H2,13,14,15,16). The Kier molecular flexibility index (Phi) is 4.14. The Bertz CT molecular complexity index is 350. The minimum absolute atomic E-state index is 0.0822. The zero-order chi connectivity index (χ0) is 12.1. The van der Waals surface area contributed by atoms with Gasteiger partial charge in [-0.25, -0.2) is 4.98 Å². The molecule has 3 N–H and O–H groups in total. The van der Waals surface area contributed by atoms with Crippen molar-refractivity contribution in [3.63, 3.8) is 0 Å². The summed E-state index contributed by atoms with van der Waals surface area (Å²) >= 11 is 0. The highest BCUT2D eigenvalue weighted by Crippen LogP contribution is 2.24. The van der Waals surface area contributed by atoms with Crippen LogP contribution in [0.5, 0.6) is 0 Å². The Hall–Kier alpha value is -1.36. The number of nitrogens with zero attached hydrogens (tertiary/aromatic N) is 2. The number of aromatic nitrogens is 2. The van der Waals surface area contributed by atoms with Gasteiger partial charge in [-0.2, -0.15) is 4.98 Å². The number of aliphatic hydroxyl groups is 1. The summed E-state index contributed by atoms with van der Waals surface area (Å²) in [5, 5.41) is 15.7. The van der Waals surface area contributed by atoms with E-state index in [2.05, 4.69) is 20.6 Å².